The third-order valence-electron chi connectivity index (χ3n) is 10.6. The van der Waals surface area contributed by atoms with Crippen LogP contribution in [-0.2, 0) is 23.7 Å². The van der Waals surface area contributed by atoms with Crippen molar-refractivity contribution in [1.29, 1.82) is 0 Å². The zero-order chi connectivity index (χ0) is 38.9. The number of aliphatic hydroxyl groups excluding tert-OH is 1. The molecule has 0 saturated heterocycles. The fourth-order valence-corrected chi connectivity index (χ4v) is 7.04. The van der Waals surface area contributed by atoms with Crippen LogP contribution < -0.4 is 0 Å². The lowest BCUT2D eigenvalue weighted by molar-refractivity contribution is -0.177. The number of hydrogen-bond donors (Lipinski definition) is 1. The van der Waals surface area contributed by atoms with Crippen molar-refractivity contribution in [3.63, 3.8) is 0 Å². The van der Waals surface area contributed by atoms with Gasteiger partial charge >= 0.3 is 5.97 Å². The van der Waals surface area contributed by atoms with Crippen molar-refractivity contribution >= 4 is 5.97 Å². The van der Waals surface area contributed by atoms with E-state index in [1.54, 1.807) is 6.92 Å². The Balaban J connectivity index is 4.90. The molecule has 1 N–H and O–H groups in total. The summed E-state index contributed by atoms with van der Waals surface area (Å²) in [6.07, 6.45) is 40.5. The topological polar surface area (TPSA) is 74.2 Å². The minimum atomic E-state index is -0.835. The Morgan fingerprint density at radius 3 is 1.25 bits per heavy atom. The molecule has 0 aliphatic heterocycles. The van der Waals surface area contributed by atoms with E-state index in [9.17, 15) is 9.90 Å². The van der Waals surface area contributed by atoms with Gasteiger partial charge in [-0.25, -0.2) is 4.79 Å². The Kier molecular flexibility index (Phi) is 41.4. The number of carbonyl (C=O) groups is 1. The van der Waals surface area contributed by atoms with Crippen LogP contribution in [0.2, 0.25) is 0 Å². The highest BCUT2D eigenvalue weighted by molar-refractivity contribution is 5.86. The number of esters is 1. The molecule has 0 amide bonds. The van der Waals surface area contributed by atoms with Crippen molar-refractivity contribution < 1.29 is 28.8 Å². The third-order valence-corrected chi connectivity index (χ3v) is 10.6. The molecule has 0 heterocycles. The number of rotatable bonds is 44. The van der Waals surface area contributed by atoms with E-state index in [2.05, 4.69) is 27.4 Å². The second-order valence-corrected chi connectivity index (χ2v) is 16.1. The van der Waals surface area contributed by atoms with Gasteiger partial charge < -0.3 is 24.1 Å². The predicted molar refractivity (Wildman–Crippen MR) is 227 cm³/mol. The van der Waals surface area contributed by atoms with Crippen molar-refractivity contribution in [2.75, 3.05) is 33.0 Å². The van der Waals surface area contributed by atoms with Crippen LogP contribution in [0.4, 0.5) is 0 Å². The maximum atomic E-state index is 11.6. The minimum absolute atomic E-state index is 0.0750. The van der Waals surface area contributed by atoms with Crippen LogP contribution >= 0.6 is 0 Å². The van der Waals surface area contributed by atoms with Gasteiger partial charge in [-0.1, -0.05) is 201 Å². The van der Waals surface area contributed by atoms with Crippen molar-refractivity contribution in [3.05, 3.63) is 12.2 Å². The van der Waals surface area contributed by atoms with Gasteiger partial charge in [0.2, 0.25) is 0 Å². The molecule has 2 unspecified atom stereocenters. The fourth-order valence-electron chi connectivity index (χ4n) is 7.04. The van der Waals surface area contributed by atoms with Crippen LogP contribution in [-0.4, -0.2) is 56.5 Å². The zero-order valence-corrected chi connectivity index (χ0v) is 36.1. The summed E-state index contributed by atoms with van der Waals surface area (Å²) in [6, 6.07) is 0. The molecular formula is C47H92O6. The normalized spacial score (nSPS) is 12.8. The molecule has 0 aromatic rings. The SMILES string of the molecule is C=C(C)C(=O)OCC(O)COCCCC(CCCCCCCCC)C(OCCCCCCCCCCCCC)OCCCCCCCCCCCCC. The second-order valence-electron chi connectivity index (χ2n) is 16.1. The molecular weight excluding hydrogens is 661 g/mol. The lowest BCUT2D eigenvalue weighted by Gasteiger charge is -2.28. The Labute approximate surface area is 330 Å². The van der Waals surface area contributed by atoms with Gasteiger partial charge in [-0.05, 0) is 39.0 Å². The summed E-state index contributed by atoms with van der Waals surface area (Å²) in [5.41, 5.74) is 0.330. The van der Waals surface area contributed by atoms with Crippen LogP contribution in [0, 0.1) is 5.92 Å². The van der Waals surface area contributed by atoms with Crippen LogP contribution in [0.15, 0.2) is 12.2 Å². The average Bonchev–Trinajstić information content (AvgIpc) is 3.15. The first-order valence-corrected chi connectivity index (χ1v) is 23.3. The lowest BCUT2D eigenvalue weighted by Crippen LogP contribution is -2.29. The number of ether oxygens (including phenoxy) is 4. The van der Waals surface area contributed by atoms with Gasteiger partial charge in [0.25, 0.3) is 0 Å². The standard InChI is InChI=1S/C47H92O6/c1-6-9-12-15-18-20-22-24-27-30-33-39-51-47(52-40-34-31-28-25-23-21-19-16-13-10-7-2)44(36-32-29-26-17-14-11-8-3)37-35-38-50-41-45(48)42-53-46(49)43(4)5/h44-45,47-48H,4,6-42H2,1-3,5H3. The molecule has 0 aliphatic rings. The van der Waals surface area contributed by atoms with E-state index in [0.29, 0.717) is 18.1 Å². The first kappa shape index (κ1) is 52.0. The molecule has 6 heteroatoms. The van der Waals surface area contributed by atoms with E-state index in [-0.39, 0.29) is 19.5 Å². The van der Waals surface area contributed by atoms with Crippen LogP contribution in [0.3, 0.4) is 0 Å². The molecule has 53 heavy (non-hydrogen) atoms. The quantitative estimate of drug-likeness (QED) is 0.0289. The van der Waals surface area contributed by atoms with Gasteiger partial charge in [0.1, 0.15) is 12.7 Å². The van der Waals surface area contributed by atoms with Crippen molar-refractivity contribution in [2.24, 2.45) is 5.92 Å². The molecule has 0 aromatic heterocycles. The molecule has 6 nitrogen and oxygen atoms in total. The summed E-state index contributed by atoms with van der Waals surface area (Å²) in [5, 5.41) is 10.2. The zero-order valence-electron chi connectivity index (χ0n) is 36.1. The van der Waals surface area contributed by atoms with Crippen molar-refractivity contribution in [1.82, 2.24) is 0 Å². The smallest absolute Gasteiger partial charge is 0.333 e. The average molecular weight is 753 g/mol. The molecule has 0 fully saturated rings. The van der Waals surface area contributed by atoms with Gasteiger partial charge in [-0.3, -0.25) is 0 Å². The molecule has 0 aliphatic carbocycles. The summed E-state index contributed by atoms with van der Waals surface area (Å²) in [4.78, 5) is 11.6. The van der Waals surface area contributed by atoms with Gasteiger partial charge in [0.15, 0.2) is 6.29 Å². The number of unbranched alkanes of at least 4 members (excludes halogenated alkanes) is 26. The number of aliphatic hydroxyl groups is 1. The van der Waals surface area contributed by atoms with Gasteiger partial charge in [-0.15, -0.1) is 0 Å². The molecule has 2 atom stereocenters. The Hall–Kier alpha value is -0.950. The fraction of sp³-hybridized carbons (Fsp3) is 0.936. The Morgan fingerprint density at radius 2 is 0.849 bits per heavy atom. The molecule has 316 valence electrons. The highest BCUT2D eigenvalue weighted by Crippen LogP contribution is 2.25. The Bertz CT molecular complexity index is 729. The number of carbonyl (C=O) groups excluding carboxylic acids is 1. The van der Waals surface area contributed by atoms with Crippen molar-refractivity contribution in [3.8, 4) is 0 Å². The summed E-state index contributed by atoms with van der Waals surface area (Å²) in [6.45, 7) is 14.2. The lowest BCUT2D eigenvalue weighted by atomic mass is 9.94. The second kappa shape index (κ2) is 42.2. The van der Waals surface area contributed by atoms with E-state index < -0.39 is 12.1 Å². The summed E-state index contributed by atoms with van der Waals surface area (Å²) in [7, 11) is 0. The maximum absolute atomic E-state index is 11.6. The van der Waals surface area contributed by atoms with Gasteiger partial charge in [-0.2, -0.15) is 0 Å². The van der Waals surface area contributed by atoms with E-state index in [1.807, 2.05) is 0 Å². The van der Waals surface area contributed by atoms with Crippen molar-refractivity contribution in [2.45, 2.75) is 246 Å². The molecule has 0 spiro atoms. The number of hydrogen-bond acceptors (Lipinski definition) is 6. The molecule has 0 saturated carbocycles. The summed E-state index contributed by atoms with van der Waals surface area (Å²) in [5.74, 6) is -0.138. The Morgan fingerprint density at radius 1 is 0.491 bits per heavy atom. The first-order chi connectivity index (χ1) is 26.0. The summed E-state index contributed by atoms with van der Waals surface area (Å²) < 4.78 is 24.1. The van der Waals surface area contributed by atoms with E-state index >= 15 is 0 Å². The molecule has 0 radical (unpaired) electrons. The monoisotopic (exact) mass is 753 g/mol. The molecule has 0 aromatic carbocycles. The van der Waals surface area contributed by atoms with Crippen LogP contribution in [0.25, 0.3) is 0 Å². The van der Waals surface area contributed by atoms with E-state index in [4.69, 9.17) is 18.9 Å². The van der Waals surface area contributed by atoms with Gasteiger partial charge in [0, 0.05) is 31.3 Å². The van der Waals surface area contributed by atoms with E-state index in [0.717, 1.165) is 45.3 Å². The van der Waals surface area contributed by atoms with Gasteiger partial charge in [0.05, 0.1) is 6.61 Å². The highest BCUT2D eigenvalue weighted by Gasteiger charge is 2.23. The minimum Gasteiger partial charge on any atom is -0.460 e. The predicted octanol–water partition coefficient (Wildman–Crippen LogP) is 14.0. The first-order valence-electron chi connectivity index (χ1n) is 23.3. The maximum Gasteiger partial charge on any atom is 0.333 e. The van der Waals surface area contributed by atoms with Crippen LogP contribution in [0.5, 0.6) is 0 Å². The molecule has 0 rings (SSSR count). The summed E-state index contributed by atoms with van der Waals surface area (Å²) >= 11 is 0. The third kappa shape index (κ3) is 37.7. The van der Waals surface area contributed by atoms with Crippen LogP contribution in [0.1, 0.15) is 233 Å². The van der Waals surface area contributed by atoms with E-state index in [1.165, 1.54) is 173 Å². The largest absolute Gasteiger partial charge is 0.460 e. The molecule has 0 bridgehead atoms. The highest BCUT2D eigenvalue weighted by atomic mass is 16.7.